The molecule has 2 heterocycles. The van der Waals surface area contributed by atoms with Crippen LogP contribution < -0.4 is 5.73 Å². The van der Waals surface area contributed by atoms with Crippen molar-refractivity contribution in [3.8, 4) is 0 Å². The van der Waals surface area contributed by atoms with Crippen molar-refractivity contribution in [3.63, 3.8) is 0 Å². The Morgan fingerprint density at radius 1 is 1.47 bits per heavy atom. The number of hydrogen-bond acceptors (Lipinski definition) is 8. The molecule has 94 valence electrons. The number of amides is 1. The molecule has 2 rings (SSSR count). The SMILES string of the molecule is NC(=O)c1nsc([C@@H]2O[C@H](CO)[C@@H](O)[C@H]2O)n1. The van der Waals surface area contributed by atoms with Gasteiger partial charge in [0.05, 0.1) is 6.61 Å². The summed E-state index contributed by atoms with van der Waals surface area (Å²) in [6.07, 6.45) is -4.21. The average Bonchev–Trinajstić information content (AvgIpc) is 2.87. The van der Waals surface area contributed by atoms with Crippen LogP contribution in [0.25, 0.3) is 0 Å². The van der Waals surface area contributed by atoms with Gasteiger partial charge in [-0.2, -0.15) is 4.37 Å². The lowest BCUT2D eigenvalue weighted by atomic mass is 10.1. The molecular weight excluding hydrogens is 250 g/mol. The molecule has 17 heavy (non-hydrogen) atoms. The highest BCUT2D eigenvalue weighted by molar-refractivity contribution is 7.05. The summed E-state index contributed by atoms with van der Waals surface area (Å²) < 4.78 is 8.91. The zero-order valence-corrected chi connectivity index (χ0v) is 9.37. The van der Waals surface area contributed by atoms with Gasteiger partial charge in [0, 0.05) is 0 Å². The van der Waals surface area contributed by atoms with Crippen molar-refractivity contribution in [3.05, 3.63) is 10.8 Å². The second-order valence-corrected chi connectivity index (χ2v) is 4.36. The molecule has 0 radical (unpaired) electrons. The minimum absolute atomic E-state index is 0.164. The Labute approximate surface area is 99.8 Å². The molecule has 9 heteroatoms. The predicted octanol–water partition coefficient (Wildman–Crippen LogP) is -2.21. The summed E-state index contributed by atoms with van der Waals surface area (Å²) in [6, 6.07) is 0. The van der Waals surface area contributed by atoms with Crippen molar-refractivity contribution < 1.29 is 24.9 Å². The second kappa shape index (κ2) is 4.63. The summed E-state index contributed by atoms with van der Waals surface area (Å²) in [5.74, 6) is -0.943. The maximum absolute atomic E-state index is 10.8. The van der Waals surface area contributed by atoms with E-state index in [1.54, 1.807) is 0 Å². The molecule has 0 unspecified atom stereocenters. The van der Waals surface area contributed by atoms with Gasteiger partial charge in [0.2, 0.25) is 5.82 Å². The Morgan fingerprint density at radius 3 is 2.65 bits per heavy atom. The fourth-order valence-corrected chi connectivity index (χ4v) is 2.29. The first kappa shape index (κ1) is 12.3. The first-order valence-electron chi connectivity index (χ1n) is 4.80. The number of nitrogens with two attached hydrogens (primary N) is 1. The van der Waals surface area contributed by atoms with Gasteiger partial charge >= 0.3 is 0 Å². The van der Waals surface area contributed by atoms with Gasteiger partial charge in [0.15, 0.2) is 0 Å². The highest BCUT2D eigenvalue weighted by Crippen LogP contribution is 2.34. The second-order valence-electron chi connectivity index (χ2n) is 3.58. The molecule has 1 aromatic rings. The lowest BCUT2D eigenvalue weighted by Gasteiger charge is -2.10. The quantitative estimate of drug-likeness (QED) is 0.483. The molecule has 1 fully saturated rings. The molecule has 0 aliphatic carbocycles. The van der Waals surface area contributed by atoms with Crippen LogP contribution >= 0.6 is 11.5 Å². The number of rotatable bonds is 3. The first-order valence-corrected chi connectivity index (χ1v) is 5.57. The maximum atomic E-state index is 10.8. The Balaban J connectivity index is 2.19. The molecule has 1 amide bonds. The number of aliphatic hydroxyl groups excluding tert-OH is 3. The largest absolute Gasteiger partial charge is 0.394 e. The van der Waals surface area contributed by atoms with Crippen LogP contribution in [-0.2, 0) is 4.74 Å². The lowest BCUT2D eigenvalue weighted by molar-refractivity contribution is -0.0228. The van der Waals surface area contributed by atoms with Crippen LogP contribution in [-0.4, -0.2) is 55.5 Å². The minimum atomic E-state index is -1.22. The molecule has 1 aliphatic heterocycles. The molecule has 0 bridgehead atoms. The van der Waals surface area contributed by atoms with E-state index in [1.165, 1.54) is 0 Å². The summed E-state index contributed by atoms with van der Waals surface area (Å²) >= 11 is 0.854. The smallest absolute Gasteiger partial charge is 0.287 e. The summed E-state index contributed by atoms with van der Waals surface area (Å²) in [5, 5.41) is 28.4. The highest BCUT2D eigenvalue weighted by atomic mass is 32.1. The number of ether oxygens (including phenoxy) is 1. The van der Waals surface area contributed by atoms with Gasteiger partial charge in [-0.05, 0) is 11.5 Å². The summed E-state index contributed by atoms with van der Waals surface area (Å²) in [4.78, 5) is 14.6. The van der Waals surface area contributed by atoms with E-state index in [0.29, 0.717) is 0 Å². The predicted molar refractivity (Wildman–Crippen MR) is 55.1 cm³/mol. The average molecular weight is 261 g/mol. The third kappa shape index (κ3) is 2.15. The van der Waals surface area contributed by atoms with E-state index in [0.717, 1.165) is 11.5 Å². The van der Waals surface area contributed by atoms with Gasteiger partial charge < -0.3 is 25.8 Å². The van der Waals surface area contributed by atoms with Gasteiger partial charge in [0.25, 0.3) is 5.91 Å². The monoisotopic (exact) mass is 261 g/mol. The fourth-order valence-electron chi connectivity index (χ4n) is 1.55. The number of nitrogens with zero attached hydrogens (tertiary/aromatic N) is 2. The fraction of sp³-hybridized carbons (Fsp3) is 0.625. The standard InChI is InChI=1S/C8H11N3O5S/c9-6(15)7-10-8(17-11-7)5-4(14)3(13)2(1-12)16-5/h2-5,12-14H,1H2,(H2,9,15)/t2-,3-,4-,5-/m1/s1. The zero-order chi connectivity index (χ0) is 12.6. The zero-order valence-electron chi connectivity index (χ0n) is 8.55. The van der Waals surface area contributed by atoms with Crippen LogP contribution in [0.15, 0.2) is 0 Å². The van der Waals surface area contributed by atoms with E-state index in [-0.39, 0.29) is 10.8 Å². The minimum Gasteiger partial charge on any atom is -0.394 e. The van der Waals surface area contributed by atoms with Gasteiger partial charge in [-0.1, -0.05) is 0 Å². The van der Waals surface area contributed by atoms with Crippen LogP contribution in [0.2, 0.25) is 0 Å². The van der Waals surface area contributed by atoms with Crippen molar-refractivity contribution in [2.24, 2.45) is 5.73 Å². The topological polar surface area (TPSA) is 139 Å². The molecule has 4 atom stereocenters. The van der Waals surface area contributed by atoms with E-state index in [2.05, 4.69) is 9.36 Å². The molecule has 1 aliphatic rings. The normalized spacial score (nSPS) is 32.9. The van der Waals surface area contributed by atoms with E-state index < -0.39 is 36.9 Å². The molecule has 1 saturated heterocycles. The van der Waals surface area contributed by atoms with Crippen molar-refractivity contribution >= 4 is 17.4 Å². The van der Waals surface area contributed by atoms with E-state index in [1.807, 2.05) is 0 Å². The number of aromatic nitrogens is 2. The number of primary amides is 1. The van der Waals surface area contributed by atoms with E-state index in [9.17, 15) is 15.0 Å². The summed E-state index contributed by atoms with van der Waals surface area (Å²) in [6.45, 7) is -0.420. The molecule has 0 saturated carbocycles. The van der Waals surface area contributed by atoms with Crippen molar-refractivity contribution in [1.82, 2.24) is 9.36 Å². The Kier molecular flexibility index (Phi) is 3.35. The molecule has 0 spiro atoms. The van der Waals surface area contributed by atoms with E-state index >= 15 is 0 Å². The van der Waals surface area contributed by atoms with Gasteiger partial charge in [-0.25, -0.2) is 4.98 Å². The number of carbonyl (C=O) groups excluding carboxylic acids is 1. The Bertz CT molecular complexity index is 425. The Hall–Kier alpha value is -1.13. The first-order chi connectivity index (χ1) is 8.04. The molecular formula is C8H11N3O5S. The summed E-state index contributed by atoms with van der Waals surface area (Å²) in [7, 11) is 0. The highest BCUT2D eigenvalue weighted by Gasteiger charge is 2.44. The maximum Gasteiger partial charge on any atom is 0.287 e. The molecule has 0 aromatic carbocycles. The number of hydrogen-bond donors (Lipinski definition) is 4. The molecule has 1 aromatic heterocycles. The summed E-state index contributed by atoms with van der Waals surface area (Å²) in [5.41, 5.74) is 4.99. The van der Waals surface area contributed by atoms with Crippen LogP contribution in [0.4, 0.5) is 0 Å². The number of carbonyl (C=O) groups is 1. The van der Waals surface area contributed by atoms with Gasteiger partial charge in [0.1, 0.15) is 29.4 Å². The lowest BCUT2D eigenvalue weighted by Crippen LogP contribution is -2.32. The molecule has 8 nitrogen and oxygen atoms in total. The van der Waals surface area contributed by atoms with Crippen LogP contribution in [0, 0.1) is 0 Å². The van der Waals surface area contributed by atoms with Crippen LogP contribution in [0.5, 0.6) is 0 Å². The van der Waals surface area contributed by atoms with Crippen molar-refractivity contribution in [2.45, 2.75) is 24.4 Å². The third-order valence-corrected chi connectivity index (χ3v) is 3.22. The van der Waals surface area contributed by atoms with Crippen molar-refractivity contribution in [1.29, 1.82) is 0 Å². The van der Waals surface area contributed by atoms with Gasteiger partial charge in [-0.3, -0.25) is 4.79 Å². The molecule has 5 N–H and O–H groups in total. The number of aliphatic hydroxyl groups is 3. The Morgan fingerprint density at radius 2 is 2.18 bits per heavy atom. The van der Waals surface area contributed by atoms with Crippen molar-refractivity contribution in [2.75, 3.05) is 6.61 Å². The van der Waals surface area contributed by atoms with Gasteiger partial charge in [-0.15, -0.1) is 0 Å². The van der Waals surface area contributed by atoms with Crippen LogP contribution in [0.3, 0.4) is 0 Å². The third-order valence-electron chi connectivity index (χ3n) is 2.45. The van der Waals surface area contributed by atoms with E-state index in [4.69, 9.17) is 15.6 Å². The van der Waals surface area contributed by atoms with Crippen LogP contribution in [0.1, 0.15) is 21.7 Å².